The highest BCUT2D eigenvalue weighted by Gasteiger charge is 2.37. The summed E-state index contributed by atoms with van der Waals surface area (Å²) in [5.74, 6) is -2.69. The number of hydrogen-bond acceptors (Lipinski definition) is 4. The monoisotopic (exact) mass is 408 g/mol. The molecule has 0 N–H and O–H groups in total. The Morgan fingerprint density at radius 1 is 1.03 bits per heavy atom. The Morgan fingerprint density at radius 3 is 2.67 bits per heavy atom. The fourth-order valence-electron chi connectivity index (χ4n) is 4.27. The molecule has 2 aliphatic heterocycles. The lowest BCUT2D eigenvalue weighted by Gasteiger charge is -2.34. The predicted molar refractivity (Wildman–Crippen MR) is 111 cm³/mol. The van der Waals surface area contributed by atoms with Crippen molar-refractivity contribution in [3.63, 3.8) is 0 Å². The van der Waals surface area contributed by atoms with Crippen LogP contribution in [-0.2, 0) is 13.0 Å². The second kappa shape index (κ2) is 7.31. The maximum Gasteiger partial charge on any atom is 0.258 e. The Labute approximate surface area is 173 Å². The van der Waals surface area contributed by atoms with Crippen LogP contribution in [0.4, 0.5) is 14.5 Å². The number of piperidine rings is 1. The Balaban J connectivity index is 1.31. The first-order valence-electron chi connectivity index (χ1n) is 10.2. The largest absolute Gasteiger partial charge is 0.370 e. The number of carbonyl (C=O) groups excluding carboxylic acids is 1. The van der Waals surface area contributed by atoms with Crippen LogP contribution in [-0.4, -0.2) is 46.3 Å². The van der Waals surface area contributed by atoms with E-state index in [4.69, 9.17) is 0 Å². The standard InChI is InChI=1S/C23H22F2N4O/c24-23(25)9-13-28(14-10-23)20-7-11-26-19-15-29(22(30)21(19)20)12-8-17-6-5-16-3-1-2-4-18(16)27-17/h1-7,11H,8-10,12-15H2. The zero-order chi connectivity index (χ0) is 20.7. The lowest BCUT2D eigenvalue weighted by molar-refractivity contribution is -0.0220. The van der Waals surface area contributed by atoms with E-state index < -0.39 is 5.92 Å². The van der Waals surface area contributed by atoms with E-state index in [1.807, 2.05) is 41.3 Å². The number of carbonyl (C=O) groups is 1. The summed E-state index contributed by atoms with van der Waals surface area (Å²) in [5.41, 5.74) is 3.89. The number of fused-ring (bicyclic) bond motifs is 2. The number of hydrogen-bond donors (Lipinski definition) is 0. The van der Waals surface area contributed by atoms with Crippen LogP contribution in [0.2, 0.25) is 0 Å². The first-order chi connectivity index (χ1) is 14.5. The van der Waals surface area contributed by atoms with Crippen molar-refractivity contribution in [2.24, 2.45) is 0 Å². The fourth-order valence-corrected chi connectivity index (χ4v) is 4.27. The number of anilines is 1. The van der Waals surface area contributed by atoms with Crippen LogP contribution in [0.25, 0.3) is 10.9 Å². The molecular formula is C23H22F2N4O. The quantitative estimate of drug-likeness (QED) is 0.653. The normalized spacial score (nSPS) is 18.1. The molecule has 1 aromatic carbocycles. The third-order valence-corrected chi connectivity index (χ3v) is 5.98. The number of rotatable bonds is 4. The van der Waals surface area contributed by atoms with Gasteiger partial charge in [0.1, 0.15) is 0 Å². The zero-order valence-electron chi connectivity index (χ0n) is 16.5. The maximum atomic E-state index is 13.5. The third kappa shape index (κ3) is 3.49. The third-order valence-electron chi connectivity index (χ3n) is 5.98. The molecule has 30 heavy (non-hydrogen) atoms. The van der Waals surface area contributed by atoms with Crippen LogP contribution in [0.3, 0.4) is 0 Å². The molecule has 4 heterocycles. The van der Waals surface area contributed by atoms with Gasteiger partial charge >= 0.3 is 0 Å². The lowest BCUT2D eigenvalue weighted by Crippen LogP contribution is -2.40. The van der Waals surface area contributed by atoms with E-state index in [1.165, 1.54) is 0 Å². The van der Waals surface area contributed by atoms with Gasteiger partial charge in [-0.25, -0.2) is 8.78 Å². The number of amides is 1. The van der Waals surface area contributed by atoms with Crippen LogP contribution in [0.1, 0.15) is 34.6 Å². The number of aromatic nitrogens is 2. The molecule has 1 saturated heterocycles. The number of benzene rings is 1. The number of halogens is 2. The molecule has 5 nitrogen and oxygen atoms in total. The van der Waals surface area contributed by atoms with Gasteiger partial charge in [0.05, 0.1) is 29.0 Å². The van der Waals surface area contributed by atoms with E-state index in [2.05, 4.69) is 9.97 Å². The van der Waals surface area contributed by atoms with Gasteiger partial charge in [-0.05, 0) is 18.2 Å². The summed E-state index contributed by atoms with van der Waals surface area (Å²) in [4.78, 5) is 25.8. The number of pyridine rings is 2. The molecule has 0 bridgehead atoms. The van der Waals surface area contributed by atoms with Crippen molar-refractivity contribution in [1.29, 1.82) is 0 Å². The molecular weight excluding hydrogens is 386 g/mol. The summed E-state index contributed by atoms with van der Waals surface area (Å²) in [6.07, 6.45) is 1.95. The van der Waals surface area contributed by atoms with Gasteiger partial charge < -0.3 is 9.80 Å². The minimum Gasteiger partial charge on any atom is -0.370 e. The molecule has 0 spiro atoms. The SMILES string of the molecule is O=C1c2c(N3CCC(F)(F)CC3)ccnc2CN1CCc1ccc2ccccc2n1. The van der Waals surface area contributed by atoms with Gasteiger partial charge in [0.2, 0.25) is 0 Å². The molecule has 0 unspecified atom stereocenters. The highest BCUT2D eigenvalue weighted by Crippen LogP contribution is 2.35. The van der Waals surface area contributed by atoms with Crippen LogP contribution >= 0.6 is 0 Å². The van der Waals surface area contributed by atoms with E-state index in [9.17, 15) is 13.6 Å². The van der Waals surface area contributed by atoms with Crippen molar-refractivity contribution >= 4 is 22.5 Å². The van der Waals surface area contributed by atoms with E-state index in [0.717, 1.165) is 28.0 Å². The minimum atomic E-state index is -2.62. The van der Waals surface area contributed by atoms with Crippen LogP contribution < -0.4 is 4.90 Å². The van der Waals surface area contributed by atoms with Gasteiger partial charge in [0.25, 0.3) is 11.8 Å². The molecule has 7 heteroatoms. The van der Waals surface area contributed by atoms with Crippen molar-refractivity contribution in [3.8, 4) is 0 Å². The number of alkyl halides is 2. The number of nitrogens with zero attached hydrogens (tertiary/aromatic N) is 4. The van der Waals surface area contributed by atoms with Gasteiger partial charge in [-0.1, -0.05) is 24.3 Å². The summed E-state index contributed by atoms with van der Waals surface area (Å²) in [6, 6.07) is 13.8. The van der Waals surface area contributed by atoms with Gasteiger partial charge in [-0.2, -0.15) is 0 Å². The smallest absolute Gasteiger partial charge is 0.258 e. The molecule has 1 fully saturated rings. The first-order valence-corrected chi connectivity index (χ1v) is 10.2. The summed E-state index contributed by atoms with van der Waals surface area (Å²) in [5, 5.41) is 1.09. The van der Waals surface area contributed by atoms with Gasteiger partial charge in [-0.3, -0.25) is 14.8 Å². The van der Waals surface area contributed by atoms with Crippen molar-refractivity contribution in [1.82, 2.24) is 14.9 Å². The summed E-state index contributed by atoms with van der Waals surface area (Å²) in [6.45, 7) is 1.48. The minimum absolute atomic E-state index is 0.0776. The Morgan fingerprint density at radius 2 is 1.83 bits per heavy atom. The maximum absolute atomic E-state index is 13.5. The second-order valence-electron chi connectivity index (χ2n) is 7.97. The van der Waals surface area contributed by atoms with Crippen molar-refractivity contribution < 1.29 is 13.6 Å². The molecule has 0 aliphatic carbocycles. The van der Waals surface area contributed by atoms with Crippen LogP contribution in [0, 0.1) is 0 Å². The van der Waals surface area contributed by atoms with Crippen LogP contribution in [0.15, 0.2) is 48.7 Å². The molecule has 154 valence electrons. The average Bonchev–Trinajstić information content (AvgIpc) is 3.08. The van der Waals surface area contributed by atoms with Crippen LogP contribution in [0.5, 0.6) is 0 Å². The average molecular weight is 408 g/mol. The molecule has 0 atom stereocenters. The van der Waals surface area contributed by atoms with Gasteiger partial charge in [-0.15, -0.1) is 0 Å². The Hall–Kier alpha value is -3.09. The number of para-hydroxylation sites is 1. The van der Waals surface area contributed by atoms with Crippen molar-refractivity contribution in [2.75, 3.05) is 24.5 Å². The van der Waals surface area contributed by atoms with Crippen molar-refractivity contribution in [2.45, 2.75) is 31.7 Å². The highest BCUT2D eigenvalue weighted by molar-refractivity contribution is 6.03. The first kappa shape index (κ1) is 18.9. The fraction of sp³-hybridized carbons (Fsp3) is 0.348. The van der Waals surface area contributed by atoms with E-state index in [1.54, 1.807) is 17.2 Å². The van der Waals surface area contributed by atoms with E-state index in [0.29, 0.717) is 25.1 Å². The Bertz CT molecular complexity index is 1110. The van der Waals surface area contributed by atoms with Gasteiger partial charge in [0, 0.05) is 56.2 Å². The van der Waals surface area contributed by atoms with E-state index in [-0.39, 0.29) is 31.8 Å². The molecule has 2 aliphatic rings. The molecule has 2 aromatic heterocycles. The summed E-state index contributed by atoms with van der Waals surface area (Å²) in [7, 11) is 0. The summed E-state index contributed by atoms with van der Waals surface area (Å²) < 4.78 is 27.1. The highest BCUT2D eigenvalue weighted by atomic mass is 19.3. The predicted octanol–water partition coefficient (Wildman–Crippen LogP) is 4.06. The Kier molecular flexibility index (Phi) is 4.60. The van der Waals surface area contributed by atoms with Gasteiger partial charge in [0.15, 0.2) is 0 Å². The zero-order valence-corrected chi connectivity index (χ0v) is 16.5. The molecule has 5 rings (SSSR count). The summed E-state index contributed by atoms with van der Waals surface area (Å²) >= 11 is 0. The topological polar surface area (TPSA) is 49.3 Å². The molecule has 0 saturated carbocycles. The molecule has 1 amide bonds. The lowest BCUT2D eigenvalue weighted by atomic mass is 10.0. The molecule has 3 aromatic rings. The molecule has 0 radical (unpaired) electrons. The second-order valence-corrected chi connectivity index (χ2v) is 7.97. The van der Waals surface area contributed by atoms with Crippen molar-refractivity contribution in [3.05, 3.63) is 65.6 Å². The van der Waals surface area contributed by atoms with E-state index >= 15 is 0 Å².